The van der Waals surface area contributed by atoms with E-state index in [4.69, 9.17) is 9.15 Å². The molecule has 0 aliphatic carbocycles. The second-order valence-corrected chi connectivity index (χ2v) is 6.13. The lowest BCUT2D eigenvalue weighted by Gasteiger charge is -2.16. The number of nitrogens with zero attached hydrogens (tertiary/aromatic N) is 1. The highest BCUT2D eigenvalue weighted by molar-refractivity contribution is 9.10. The van der Waals surface area contributed by atoms with Gasteiger partial charge in [0.1, 0.15) is 5.52 Å². The second-order valence-electron chi connectivity index (χ2n) is 5.28. The Bertz CT molecular complexity index is 922. The minimum Gasteiger partial charge on any atom is -0.449 e. The number of amides is 1. The molecule has 0 bridgehead atoms. The number of halogens is 1. The third kappa shape index (κ3) is 3.71. The van der Waals surface area contributed by atoms with Crippen molar-refractivity contribution in [3.05, 3.63) is 58.9 Å². The summed E-state index contributed by atoms with van der Waals surface area (Å²) in [5.41, 5.74) is 1.77. The summed E-state index contributed by atoms with van der Waals surface area (Å²) in [4.78, 5) is 28.9. The number of nitrogens with one attached hydrogen (secondary N) is 1. The van der Waals surface area contributed by atoms with Gasteiger partial charge in [0.25, 0.3) is 5.91 Å². The molecule has 0 aliphatic heterocycles. The lowest BCUT2D eigenvalue weighted by Crippen LogP contribution is -2.32. The first kappa shape index (κ1) is 17.2. The number of aromatic nitrogens is 1. The van der Waals surface area contributed by atoms with Crippen molar-refractivity contribution in [1.82, 2.24) is 4.98 Å². The molecule has 1 N–H and O–H groups in total. The Kier molecular flexibility index (Phi) is 5.14. The number of para-hydroxylation sites is 2. The van der Waals surface area contributed by atoms with Gasteiger partial charge in [0.15, 0.2) is 18.1 Å². The molecule has 0 spiro atoms. The van der Waals surface area contributed by atoms with Gasteiger partial charge in [0.05, 0.1) is 11.3 Å². The standard InChI is InChI=1S/C18H15BrN2O4/c1-2-14(17(22)21-13-8-4-3-7-12(13)19)25-18(23)11-6-5-9-15-16(11)20-10-24-15/h3-10,14H,2H2,1H3,(H,21,22). The Morgan fingerprint density at radius 1 is 1.24 bits per heavy atom. The van der Waals surface area contributed by atoms with Crippen LogP contribution in [0.15, 0.2) is 57.7 Å². The van der Waals surface area contributed by atoms with Crippen molar-refractivity contribution in [3.8, 4) is 0 Å². The van der Waals surface area contributed by atoms with Gasteiger partial charge in [-0.3, -0.25) is 4.79 Å². The highest BCUT2D eigenvalue weighted by atomic mass is 79.9. The van der Waals surface area contributed by atoms with E-state index in [-0.39, 0.29) is 5.56 Å². The Labute approximate surface area is 152 Å². The lowest BCUT2D eigenvalue weighted by molar-refractivity contribution is -0.124. The zero-order valence-electron chi connectivity index (χ0n) is 13.4. The third-order valence-electron chi connectivity index (χ3n) is 3.62. The van der Waals surface area contributed by atoms with Crippen molar-refractivity contribution in [2.75, 3.05) is 5.32 Å². The molecular formula is C18H15BrN2O4. The monoisotopic (exact) mass is 402 g/mol. The molecule has 7 heteroatoms. The molecule has 0 radical (unpaired) electrons. The van der Waals surface area contributed by atoms with Gasteiger partial charge in [-0.05, 0) is 46.6 Å². The fourth-order valence-electron chi connectivity index (χ4n) is 2.34. The Balaban J connectivity index is 1.75. The van der Waals surface area contributed by atoms with E-state index in [1.54, 1.807) is 37.3 Å². The zero-order valence-corrected chi connectivity index (χ0v) is 14.9. The molecule has 1 unspecified atom stereocenters. The Morgan fingerprint density at radius 2 is 2.04 bits per heavy atom. The number of ether oxygens (including phenoxy) is 1. The first-order valence-corrected chi connectivity index (χ1v) is 8.48. The van der Waals surface area contributed by atoms with Gasteiger partial charge in [0.2, 0.25) is 0 Å². The van der Waals surface area contributed by atoms with Crippen LogP contribution in [-0.4, -0.2) is 23.0 Å². The molecule has 128 valence electrons. The number of fused-ring (bicyclic) bond motifs is 1. The largest absolute Gasteiger partial charge is 0.449 e. The lowest BCUT2D eigenvalue weighted by atomic mass is 10.2. The highest BCUT2D eigenvalue weighted by Gasteiger charge is 2.24. The molecule has 0 fully saturated rings. The van der Waals surface area contributed by atoms with Crippen molar-refractivity contribution in [2.45, 2.75) is 19.4 Å². The van der Waals surface area contributed by atoms with E-state index >= 15 is 0 Å². The number of hydrogen-bond acceptors (Lipinski definition) is 5. The molecule has 0 saturated heterocycles. The smallest absolute Gasteiger partial charge is 0.341 e. The van der Waals surface area contributed by atoms with E-state index in [1.807, 2.05) is 12.1 Å². The number of oxazole rings is 1. The predicted molar refractivity (Wildman–Crippen MR) is 96.3 cm³/mol. The van der Waals surface area contributed by atoms with E-state index in [1.165, 1.54) is 6.39 Å². The first-order valence-electron chi connectivity index (χ1n) is 7.68. The van der Waals surface area contributed by atoms with Crippen LogP contribution in [0.5, 0.6) is 0 Å². The number of carbonyl (C=O) groups is 2. The number of esters is 1. The summed E-state index contributed by atoms with van der Waals surface area (Å²) in [6.07, 6.45) is 0.691. The van der Waals surface area contributed by atoms with Crippen LogP contribution in [0.3, 0.4) is 0 Å². The molecule has 1 amide bonds. The average Bonchev–Trinajstić information content (AvgIpc) is 3.10. The van der Waals surface area contributed by atoms with E-state index < -0.39 is 18.0 Å². The molecular weight excluding hydrogens is 388 g/mol. The number of hydrogen-bond donors (Lipinski definition) is 1. The maximum atomic E-state index is 12.5. The van der Waals surface area contributed by atoms with Gasteiger partial charge in [-0.25, -0.2) is 9.78 Å². The molecule has 25 heavy (non-hydrogen) atoms. The summed E-state index contributed by atoms with van der Waals surface area (Å²) >= 11 is 3.36. The van der Waals surface area contributed by atoms with Crippen LogP contribution in [0.25, 0.3) is 11.1 Å². The molecule has 1 heterocycles. The van der Waals surface area contributed by atoms with Crippen molar-refractivity contribution in [3.63, 3.8) is 0 Å². The van der Waals surface area contributed by atoms with E-state index in [0.717, 1.165) is 4.47 Å². The highest BCUT2D eigenvalue weighted by Crippen LogP contribution is 2.22. The number of benzene rings is 2. The average molecular weight is 403 g/mol. The topological polar surface area (TPSA) is 81.4 Å². The maximum absolute atomic E-state index is 12.5. The second kappa shape index (κ2) is 7.48. The SMILES string of the molecule is CCC(OC(=O)c1cccc2ocnc12)C(=O)Nc1ccccc1Br. The molecule has 2 aromatic carbocycles. The van der Waals surface area contributed by atoms with Gasteiger partial charge in [0, 0.05) is 4.47 Å². The van der Waals surface area contributed by atoms with Crippen molar-refractivity contribution < 1.29 is 18.7 Å². The van der Waals surface area contributed by atoms with Crippen LogP contribution in [-0.2, 0) is 9.53 Å². The van der Waals surface area contributed by atoms with Gasteiger partial charge < -0.3 is 14.5 Å². The molecule has 0 aliphatic rings. The quantitative estimate of drug-likeness (QED) is 0.647. The minimum atomic E-state index is -0.915. The molecule has 1 atom stereocenters. The van der Waals surface area contributed by atoms with Gasteiger partial charge in [-0.15, -0.1) is 0 Å². The van der Waals surface area contributed by atoms with Crippen molar-refractivity contribution >= 4 is 44.6 Å². The van der Waals surface area contributed by atoms with E-state index in [0.29, 0.717) is 23.2 Å². The normalized spacial score (nSPS) is 11.9. The maximum Gasteiger partial charge on any atom is 0.341 e. The van der Waals surface area contributed by atoms with Crippen molar-refractivity contribution in [1.29, 1.82) is 0 Å². The van der Waals surface area contributed by atoms with E-state index in [9.17, 15) is 9.59 Å². The van der Waals surface area contributed by atoms with Crippen LogP contribution >= 0.6 is 15.9 Å². The summed E-state index contributed by atoms with van der Waals surface area (Å²) in [5, 5.41) is 2.75. The Hall–Kier alpha value is -2.67. The van der Waals surface area contributed by atoms with Crippen molar-refractivity contribution in [2.24, 2.45) is 0 Å². The van der Waals surface area contributed by atoms with Crippen LogP contribution in [0.2, 0.25) is 0 Å². The molecule has 1 aromatic heterocycles. The summed E-state index contributed by atoms with van der Waals surface area (Å²) in [6, 6.07) is 12.2. The number of anilines is 1. The molecule has 6 nitrogen and oxygen atoms in total. The van der Waals surface area contributed by atoms with E-state index in [2.05, 4.69) is 26.2 Å². The third-order valence-corrected chi connectivity index (χ3v) is 4.32. The summed E-state index contributed by atoms with van der Waals surface area (Å²) < 4.78 is 11.3. The summed E-state index contributed by atoms with van der Waals surface area (Å²) in [7, 11) is 0. The van der Waals surface area contributed by atoms with Crippen LogP contribution in [0, 0.1) is 0 Å². The molecule has 3 aromatic rings. The molecule has 0 saturated carbocycles. The fourth-order valence-corrected chi connectivity index (χ4v) is 2.73. The van der Waals surface area contributed by atoms with Gasteiger partial charge in [-0.1, -0.05) is 25.1 Å². The predicted octanol–water partition coefficient (Wildman–Crippen LogP) is 4.16. The first-order chi connectivity index (χ1) is 12.1. The fraction of sp³-hybridized carbons (Fsp3) is 0.167. The van der Waals surface area contributed by atoms with Gasteiger partial charge in [-0.2, -0.15) is 0 Å². The Morgan fingerprint density at radius 3 is 2.80 bits per heavy atom. The number of rotatable bonds is 5. The summed E-state index contributed by atoms with van der Waals surface area (Å²) in [6.45, 7) is 1.77. The molecule has 3 rings (SSSR count). The van der Waals surface area contributed by atoms with Crippen LogP contribution in [0.1, 0.15) is 23.7 Å². The van der Waals surface area contributed by atoms with Gasteiger partial charge >= 0.3 is 5.97 Å². The zero-order chi connectivity index (χ0) is 17.8. The number of carbonyl (C=O) groups excluding carboxylic acids is 2. The summed E-state index contributed by atoms with van der Waals surface area (Å²) in [5.74, 6) is -1.01. The van der Waals surface area contributed by atoms with Crippen LogP contribution < -0.4 is 5.32 Å². The minimum absolute atomic E-state index is 0.262. The van der Waals surface area contributed by atoms with Crippen LogP contribution in [0.4, 0.5) is 5.69 Å².